The Hall–Kier alpha value is -2.58. The Labute approximate surface area is 171 Å². The summed E-state index contributed by atoms with van der Waals surface area (Å²) in [6.45, 7) is 8.68. The lowest BCUT2D eigenvalue weighted by Gasteiger charge is -2.19. The summed E-state index contributed by atoms with van der Waals surface area (Å²) >= 11 is 1.47. The number of thioether (sulfide) groups is 1. The Morgan fingerprint density at radius 3 is 2.25 bits per heavy atom. The molecule has 0 aliphatic carbocycles. The van der Waals surface area contributed by atoms with E-state index in [1.165, 1.54) is 22.9 Å². The van der Waals surface area contributed by atoms with Crippen LogP contribution in [-0.2, 0) is 18.9 Å². The van der Waals surface area contributed by atoms with E-state index in [1.54, 1.807) is 0 Å². The van der Waals surface area contributed by atoms with Crippen molar-refractivity contribution < 1.29 is 0 Å². The molecule has 28 heavy (non-hydrogen) atoms. The zero-order chi connectivity index (χ0) is 20.3. The average Bonchev–Trinajstić information content (AvgIpc) is 3.02. The maximum Gasteiger partial charge on any atom is 0.192 e. The molecular weight excluding hydrogens is 364 g/mol. The predicted octanol–water partition coefficient (Wildman–Crippen LogP) is 5.32. The standard InChI is InChI=1S/C23H26N4S/c1-16-6-8-17(9-7-16)14-20(15-24)28-22-26-25-21(27(22)5)18-10-12-19(13-11-18)23(2,3)4/h6-13,20H,14H2,1-5H3/t20-/m0/s1. The maximum atomic E-state index is 9.60. The largest absolute Gasteiger partial charge is 0.305 e. The molecule has 3 rings (SSSR count). The van der Waals surface area contributed by atoms with Gasteiger partial charge in [-0.25, -0.2) is 0 Å². The van der Waals surface area contributed by atoms with Gasteiger partial charge in [-0.1, -0.05) is 86.6 Å². The highest BCUT2D eigenvalue weighted by Crippen LogP contribution is 2.29. The summed E-state index contributed by atoms with van der Waals surface area (Å²) in [4.78, 5) is 0. The molecule has 0 N–H and O–H groups in total. The highest BCUT2D eigenvalue weighted by Gasteiger charge is 2.18. The molecule has 5 heteroatoms. The highest BCUT2D eigenvalue weighted by atomic mass is 32.2. The molecule has 0 spiro atoms. The van der Waals surface area contributed by atoms with Crippen LogP contribution in [0.3, 0.4) is 0 Å². The summed E-state index contributed by atoms with van der Waals surface area (Å²) in [5, 5.41) is 18.8. The third kappa shape index (κ3) is 4.63. The van der Waals surface area contributed by atoms with E-state index in [9.17, 15) is 5.26 Å². The van der Waals surface area contributed by atoms with Crippen LogP contribution in [0.1, 0.15) is 37.5 Å². The van der Waals surface area contributed by atoms with Gasteiger partial charge >= 0.3 is 0 Å². The molecule has 0 aliphatic rings. The van der Waals surface area contributed by atoms with Crippen LogP contribution in [0, 0.1) is 18.3 Å². The van der Waals surface area contributed by atoms with Gasteiger partial charge in [0.2, 0.25) is 0 Å². The van der Waals surface area contributed by atoms with Crippen molar-refractivity contribution in [2.24, 2.45) is 7.05 Å². The lowest BCUT2D eigenvalue weighted by atomic mass is 9.87. The number of rotatable bonds is 5. The number of aromatic nitrogens is 3. The second-order valence-electron chi connectivity index (χ2n) is 8.12. The fourth-order valence-corrected chi connectivity index (χ4v) is 3.88. The van der Waals surface area contributed by atoms with Gasteiger partial charge < -0.3 is 4.57 Å². The molecule has 2 aromatic carbocycles. The van der Waals surface area contributed by atoms with Crippen LogP contribution >= 0.6 is 11.8 Å². The molecular formula is C23H26N4S. The van der Waals surface area contributed by atoms with Crippen molar-refractivity contribution >= 4 is 11.8 Å². The van der Waals surface area contributed by atoms with E-state index in [4.69, 9.17) is 0 Å². The topological polar surface area (TPSA) is 54.5 Å². The first-order chi connectivity index (χ1) is 13.3. The number of nitrogens with zero attached hydrogens (tertiary/aromatic N) is 4. The molecule has 0 amide bonds. The smallest absolute Gasteiger partial charge is 0.192 e. The van der Waals surface area contributed by atoms with Gasteiger partial charge in [-0.15, -0.1) is 10.2 Å². The van der Waals surface area contributed by atoms with Gasteiger partial charge in [-0.2, -0.15) is 5.26 Å². The number of hydrogen-bond donors (Lipinski definition) is 0. The molecule has 0 bridgehead atoms. The van der Waals surface area contributed by atoms with Crippen LogP contribution in [-0.4, -0.2) is 20.0 Å². The van der Waals surface area contributed by atoms with Crippen molar-refractivity contribution in [2.45, 2.75) is 49.9 Å². The van der Waals surface area contributed by atoms with E-state index in [-0.39, 0.29) is 10.7 Å². The number of benzene rings is 2. The van der Waals surface area contributed by atoms with Crippen LogP contribution in [0.4, 0.5) is 0 Å². The van der Waals surface area contributed by atoms with Crippen molar-refractivity contribution in [1.29, 1.82) is 5.26 Å². The summed E-state index contributed by atoms with van der Waals surface area (Å²) in [6, 6.07) is 19.2. The minimum absolute atomic E-state index is 0.120. The van der Waals surface area contributed by atoms with Gasteiger partial charge in [-0.3, -0.25) is 0 Å². The molecule has 3 aromatic rings. The number of nitriles is 1. The van der Waals surface area contributed by atoms with E-state index < -0.39 is 0 Å². The summed E-state index contributed by atoms with van der Waals surface area (Å²) in [6.07, 6.45) is 0.684. The Morgan fingerprint density at radius 1 is 1.04 bits per heavy atom. The van der Waals surface area contributed by atoms with Crippen LogP contribution in [0.15, 0.2) is 53.7 Å². The summed E-state index contributed by atoms with van der Waals surface area (Å²) < 4.78 is 1.97. The maximum absolute atomic E-state index is 9.60. The predicted molar refractivity (Wildman–Crippen MR) is 115 cm³/mol. The normalized spacial score (nSPS) is 12.6. The van der Waals surface area contributed by atoms with Crippen molar-refractivity contribution in [3.8, 4) is 17.5 Å². The first-order valence-electron chi connectivity index (χ1n) is 9.40. The lowest BCUT2D eigenvalue weighted by molar-refractivity contribution is 0.590. The molecule has 0 unspecified atom stereocenters. The van der Waals surface area contributed by atoms with Crippen LogP contribution in [0.25, 0.3) is 11.4 Å². The molecule has 0 saturated carbocycles. The average molecular weight is 391 g/mol. The summed E-state index contributed by atoms with van der Waals surface area (Å²) in [7, 11) is 1.95. The van der Waals surface area contributed by atoms with E-state index in [0.717, 1.165) is 22.1 Å². The van der Waals surface area contributed by atoms with Crippen LogP contribution in [0.5, 0.6) is 0 Å². The molecule has 1 aromatic heterocycles. The number of hydrogen-bond acceptors (Lipinski definition) is 4. The second-order valence-corrected chi connectivity index (χ2v) is 9.29. The van der Waals surface area contributed by atoms with Gasteiger partial charge in [0.15, 0.2) is 11.0 Å². The zero-order valence-corrected chi connectivity index (χ0v) is 17.9. The van der Waals surface area contributed by atoms with Crippen molar-refractivity contribution in [1.82, 2.24) is 14.8 Å². The van der Waals surface area contributed by atoms with E-state index in [0.29, 0.717) is 6.42 Å². The molecule has 0 aliphatic heterocycles. The minimum Gasteiger partial charge on any atom is -0.305 e. The third-order valence-electron chi connectivity index (χ3n) is 4.78. The van der Waals surface area contributed by atoms with Crippen LogP contribution in [0.2, 0.25) is 0 Å². The van der Waals surface area contributed by atoms with Gasteiger partial charge in [0.1, 0.15) is 5.25 Å². The molecule has 4 nitrogen and oxygen atoms in total. The molecule has 1 heterocycles. The Morgan fingerprint density at radius 2 is 1.68 bits per heavy atom. The van der Waals surface area contributed by atoms with Gasteiger partial charge in [0.05, 0.1) is 6.07 Å². The van der Waals surface area contributed by atoms with Gasteiger partial charge in [0, 0.05) is 12.6 Å². The minimum atomic E-state index is -0.207. The van der Waals surface area contributed by atoms with Crippen molar-refractivity contribution in [3.05, 3.63) is 65.2 Å². The van der Waals surface area contributed by atoms with Crippen molar-refractivity contribution in [2.75, 3.05) is 0 Å². The monoisotopic (exact) mass is 390 g/mol. The van der Waals surface area contributed by atoms with Gasteiger partial charge in [-0.05, 0) is 29.9 Å². The fourth-order valence-electron chi connectivity index (χ4n) is 2.97. The summed E-state index contributed by atoms with van der Waals surface area (Å²) in [5.74, 6) is 0.815. The highest BCUT2D eigenvalue weighted by molar-refractivity contribution is 8.00. The Bertz CT molecular complexity index is 973. The molecule has 0 radical (unpaired) electrons. The quantitative estimate of drug-likeness (QED) is 0.554. The number of aryl methyl sites for hydroxylation is 1. The van der Waals surface area contributed by atoms with Gasteiger partial charge in [0.25, 0.3) is 0 Å². The van der Waals surface area contributed by atoms with E-state index in [1.807, 2.05) is 11.6 Å². The Balaban J connectivity index is 1.76. The molecule has 144 valence electrons. The summed E-state index contributed by atoms with van der Waals surface area (Å²) in [5.41, 5.74) is 4.82. The molecule has 1 atom stereocenters. The Kier molecular flexibility index (Phi) is 5.90. The van der Waals surface area contributed by atoms with E-state index in [2.05, 4.69) is 92.5 Å². The van der Waals surface area contributed by atoms with Crippen molar-refractivity contribution in [3.63, 3.8) is 0 Å². The molecule has 0 fully saturated rings. The third-order valence-corrected chi connectivity index (χ3v) is 5.90. The molecule has 0 saturated heterocycles. The van der Waals surface area contributed by atoms with Crippen LogP contribution < -0.4 is 0 Å². The fraction of sp³-hybridized carbons (Fsp3) is 0.348. The SMILES string of the molecule is Cc1ccc(C[C@@H](C#N)Sc2nnc(-c3ccc(C(C)(C)C)cc3)n2C)cc1. The van der Waals surface area contributed by atoms with E-state index >= 15 is 0 Å². The zero-order valence-electron chi connectivity index (χ0n) is 17.1. The first-order valence-corrected chi connectivity index (χ1v) is 10.3. The first kappa shape index (κ1) is 20.2. The second kappa shape index (κ2) is 8.20. The lowest BCUT2D eigenvalue weighted by Crippen LogP contribution is -2.10.